The number of rotatable bonds is 3. The van der Waals surface area contributed by atoms with Crippen molar-refractivity contribution in [2.24, 2.45) is 11.8 Å². The van der Waals surface area contributed by atoms with Gasteiger partial charge in [-0.3, -0.25) is 0 Å². The van der Waals surface area contributed by atoms with Crippen LogP contribution in [0, 0.1) is 11.8 Å². The van der Waals surface area contributed by atoms with Crippen molar-refractivity contribution >= 4 is 22.4 Å². The third-order valence-electron chi connectivity index (χ3n) is 4.02. The van der Waals surface area contributed by atoms with Gasteiger partial charge in [-0.25, -0.2) is 9.97 Å². The Morgan fingerprint density at radius 1 is 1.32 bits per heavy atom. The van der Waals surface area contributed by atoms with Gasteiger partial charge in [-0.2, -0.15) is 0 Å². The summed E-state index contributed by atoms with van der Waals surface area (Å²) in [6.07, 6.45) is 5.60. The fourth-order valence-corrected chi connectivity index (χ4v) is 2.97. The van der Waals surface area contributed by atoms with Crippen LogP contribution >= 0.6 is 0 Å². The fourth-order valence-electron chi connectivity index (χ4n) is 2.97. The van der Waals surface area contributed by atoms with E-state index >= 15 is 0 Å². The normalized spacial score (nSPS) is 22.8. The Kier molecular flexibility index (Phi) is 3.23. The summed E-state index contributed by atoms with van der Waals surface area (Å²) in [5.41, 5.74) is 7.42. The lowest BCUT2D eigenvalue weighted by molar-refractivity contribution is 0.536. The van der Waals surface area contributed by atoms with E-state index in [0.29, 0.717) is 0 Å². The van der Waals surface area contributed by atoms with Crippen LogP contribution in [-0.2, 0) is 0 Å². The zero-order valence-corrected chi connectivity index (χ0v) is 11.3. The minimum absolute atomic E-state index is 0.738. The van der Waals surface area contributed by atoms with Gasteiger partial charge >= 0.3 is 0 Å². The molecule has 0 bridgehead atoms. The van der Waals surface area contributed by atoms with E-state index < -0.39 is 0 Å². The maximum absolute atomic E-state index is 5.78. The van der Waals surface area contributed by atoms with Crippen molar-refractivity contribution in [3.05, 3.63) is 24.5 Å². The number of aromatic nitrogens is 2. The van der Waals surface area contributed by atoms with Gasteiger partial charge in [0.05, 0.1) is 5.52 Å². The van der Waals surface area contributed by atoms with Gasteiger partial charge in [-0.05, 0) is 42.9 Å². The second-order valence-corrected chi connectivity index (χ2v) is 5.66. The average Bonchev–Trinajstić information content (AvgIpc) is 2.81. The summed E-state index contributed by atoms with van der Waals surface area (Å²) in [6, 6.07) is 5.78. The first-order chi connectivity index (χ1) is 9.22. The lowest BCUT2D eigenvalue weighted by Gasteiger charge is -2.13. The molecule has 1 heterocycles. The molecule has 4 heteroatoms. The monoisotopic (exact) mass is 256 g/mol. The Morgan fingerprint density at radius 3 is 3.00 bits per heavy atom. The number of nitrogens with zero attached hydrogens (tertiary/aromatic N) is 2. The number of nitrogens with one attached hydrogen (secondary N) is 1. The number of benzene rings is 1. The summed E-state index contributed by atoms with van der Waals surface area (Å²) < 4.78 is 0. The summed E-state index contributed by atoms with van der Waals surface area (Å²) in [6.45, 7) is 3.34. The largest absolute Gasteiger partial charge is 0.399 e. The molecule has 1 aromatic heterocycles. The first-order valence-electron chi connectivity index (χ1n) is 6.96. The van der Waals surface area contributed by atoms with Crippen molar-refractivity contribution in [2.75, 3.05) is 17.6 Å². The van der Waals surface area contributed by atoms with Crippen LogP contribution in [0.3, 0.4) is 0 Å². The standard InChI is InChI=1S/C15H20N4/c1-10-2-3-11(6-10)8-17-15-13-5-4-12(16)7-14(13)18-9-19-15/h4-5,7,9-11H,2-3,6,8,16H2,1H3,(H,17,18,19). The highest BCUT2D eigenvalue weighted by Crippen LogP contribution is 2.30. The van der Waals surface area contributed by atoms with Gasteiger partial charge in [0.15, 0.2) is 0 Å². The van der Waals surface area contributed by atoms with Crippen LogP contribution in [0.1, 0.15) is 26.2 Å². The molecule has 4 nitrogen and oxygen atoms in total. The van der Waals surface area contributed by atoms with Crippen molar-refractivity contribution in [3.8, 4) is 0 Å². The van der Waals surface area contributed by atoms with Gasteiger partial charge in [0.1, 0.15) is 12.1 Å². The molecule has 3 N–H and O–H groups in total. The van der Waals surface area contributed by atoms with Crippen LogP contribution in [0.2, 0.25) is 0 Å². The van der Waals surface area contributed by atoms with Gasteiger partial charge in [-0.15, -0.1) is 0 Å². The number of hydrogen-bond donors (Lipinski definition) is 2. The predicted molar refractivity (Wildman–Crippen MR) is 78.9 cm³/mol. The molecule has 1 aliphatic rings. The van der Waals surface area contributed by atoms with E-state index in [4.69, 9.17) is 5.73 Å². The van der Waals surface area contributed by atoms with Crippen LogP contribution in [0.25, 0.3) is 10.9 Å². The molecule has 1 aliphatic carbocycles. The lowest BCUT2D eigenvalue weighted by atomic mass is 10.1. The van der Waals surface area contributed by atoms with E-state index in [0.717, 1.165) is 40.8 Å². The zero-order valence-electron chi connectivity index (χ0n) is 11.3. The highest BCUT2D eigenvalue weighted by Gasteiger charge is 2.21. The van der Waals surface area contributed by atoms with E-state index in [1.54, 1.807) is 6.33 Å². The van der Waals surface area contributed by atoms with Gasteiger partial charge in [0.25, 0.3) is 0 Å². The highest BCUT2D eigenvalue weighted by atomic mass is 15.0. The third kappa shape index (κ3) is 2.62. The van der Waals surface area contributed by atoms with Crippen LogP contribution in [0.5, 0.6) is 0 Å². The topological polar surface area (TPSA) is 63.8 Å². The molecule has 100 valence electrons. The van der Waals surface area contributed by atoms with Crippen LogP contribution in [-0.4, -0.2) is 16.5 Å². The second kappa shape index (κ2) is 5.03. The minimum Gasteiger partial charge on any atom is -0.399 e. The number of nitrogen functional groups attached to an aromatic ring is 1. The summed E-state index contributed by atoms with van der Waals surface area (Å²) >= 11 is 0. The maximum Gasteiger partial charge on any atom is 0.137 e. The molecule has 0 amide bonds. The van der Waals surface area contributed by atoms with Crippen molar-refractivity contribution in [1.82, 2.24) is 9.97 Å². The summed E-state index contributed by atoms with van der Waals surface area (Å²) in [5, 5.41) is 4.52. The quantitative estimate of drug-likeness (QED) is 0.828. The van der Waals surface area contributed by atoms with Crippen molar-refractivity contribution in [2.45, 2.75) is 26.2 Å². The number of fused-ring (bicyclic) bond motifs is 1. The molecule has 2 unspecified atom stereocenters. The van der Waals surface area contributed by atoms with Crippen molar-refractivity contribution in [1.29, 1.82) is 0 Å². The van der Waals surface area contributed by atoms with E-state index in [1.165, 1.54) is 19.3 Å². The van der Waals surface area contributed by atoms with E-state index in [-0.39, 0.29) is 0 Å². The average molecular weight is 256 g/mol. The van der Waals surface area contributed by atoms with Crippen molar-refractivity contribution in [3.63, 3.8) is 0 Å². The molecule has 3 rings (SSSR count). The predicted octanol–water partition coefficient (Wildman–Crippen LogP) is 3.06. The summed E-state index contributed by atoms with van der Waals surface area (Å²) in [4.78, 5) is 8.62. The number of nitrogens with two attached hydrogens (primary N) is 1. The molecule has 1 fully saturated rings. The molecule has 0 aliphatic heterocycles. The molecule has 0 saturated heterocycles. The fraction of sp³-hybridized carbons (Fsp3) is 0.467. The second-order valence-electron chi connectivity index (χ2n) is 5.66. The number of anilines is 2. The number of hydrogen-bond acceptors (Lipinski definition) is 4. The Balaban J connectivity index is 1.77. The first-order valence-corrected chi connectivity index (χ1v) is 6.96. The van der Waals surface area contributed by atoms with Crippen LogP contribution in [0.4, 0.5) is 11.5 Å². The maximum atomic E-state index is 5.78. The molecule has 0 radical (unpaired) electrons. The molecular formula is C15H20N4. The Bertz CT molecular complexity index is 581. The Hall–Kier alpha value is -1.84. The Labute approximate surface area is 113 Å². The molecular weight excluding hydrogens is 236 g/mol. The van der Waals surface area contributed by atoms with Crippen LogP contribution in [0.15, 0.2) is 24.5 Å². The van der Waals surface area contributed by atoms with E-state index in [9.17, 15) is 0 Å². The molecule has 1 saturated carbocycles. The van der Waals surface area contributed by atoms with Gasteiger partial charge in [0, 0.05) is 17.6 Å². The molecule has 19 heavy (non-hydrogen) atoms. The smallest absolute Gasteiger partial charge is 0.137 e. The highest BCUT2D eigenvalue weighted by molar-refractivity contribution is 5.90. The molecule has 2 aromatic rings. The Morgan fingerprint density at radius 2 is 2.21 bits per heavy atom. The summed E-state index contributed by atoms with van der Waals surface area (Å²) in [5.74, 6) is 2.56. The zero-order chi connectivity index (χ0) is 13.2. The van der Waals surface area contributed by atoms with Gasteiger partial charge in [-0.1, -0.05) is 13.3 Å². The lowest BCUT2D eigenvalue weighted by Crippen LogP contribution is -2.12. The first kappa shape index (κ1) is 12.2. The van der Waals surface area contributed by atoms with Crippen LogP contribution < -0.4 is 11.1 Å². The minimum atomic E-state index is 0.738. The van der Waals surface area contributed by atoms with Crippen molar-refractivity contribution < 1.29 is 0 Å². The SMILES string of the molecule is CC1CCC(CNc2ncnc3cc(N)ccc23)C1. The summed E-state index contributed by atoms with van der Waals surface area (Å²) in [7, 11) is 0. The molecule has 0 spiro atoms. The third-order valence-corrected chi connectivity index (χ3v) is 4.02. The molecule has 1 aromatic carbocycles. The van der Waals surface area contributed by atoms with E-state index in [1.807, 2.05) is 18.2 Å². The van der Waals surface area contributed by atoms with Gasteiger partial charge in [0.2, 0.25) is 0 Å². The van der Waals surface area contributed by atoms with Gasteiger partial charge < -0.3 is 11.1 Å². The molecule has 2 atom stereocenters. The van der Waals surface area contributed by atoms with E-state index in [2.05, 4.69) is 22.2 Å².